The molecule has 0 saturated heterocycles. The lowest BCUT2D eigenvalue weighted by atomic mass is 10.1. The summed E-state index contributed by atoms with van der Waals surface area (Å²) in [5.74, 6) is 0.0365. The molecule has 2 rings (SSSR count). The third-order valence-electron chi connectivity index (χ3n) is 3.21. The van der Waals surface area contributed by atoms with Crippen LogP contribution in [0.25, 0.3) is 0 Å². The highest BCUT2D eigenvalue weighted by Gasteiger charge is 2.30. The van der Waals surface area contributed by atoms with Crippen LogP contribution >= 0.6 is 7.80 Å². The van der Waals surface area contributed by atoms with Crippen molar-refractivity contribution in [3.63, 3.8) is 0 Å². The normalized spacial score (nSPS) is 17.6. The highest BCUT2D eigenvalue weighted by atomic mass is 31.1. The van der Waals surface area contributed by atoms with Crippen molar-refractivity contribution in [2.45, 2.75) is 38.5 Å². The van der Waals surface area contributed by atoms with Gasteiger partial charge in [0.05, 0.1) is 0 Å². The Morgan fingerprint density at radius 3 is 2.67 bits per heavy atom. The number of rotatable bonds is 2. The van der Waals surface area contributed by atoms with Crippen molar-refractivity contribution in [2.24, 2.45) is 0 Å². The molecular weight excluding hydrogens is 247 g/mol. The van der Waals surface area contributed by atoms with E-state index in [1.807, 2.05) is 6.08 Å². The summed E-state index contributed by atoms with van der Waals surface area (Å²) >= 11 is 0. The van der Waals surface area contributed by atoms with E-state index in [4.69, 9.17) is 0 Å². The van der Waals surface area contributed by atoms with Gasteiger partial charge < -0.3 is 10.2 Å². The summed E-state index contributed by atoms with van der Waals surface area (Å²) in [5, 5.41) is 20.4. The fraction of sp³-hybridized carbons (Fsp3) is 0.429. The first-order valence-electron chi connectivity index (χ1n) is 6.37. The maximum absolute atomic E-state index is 12.4. The number of aromatic hydroxyl groups is 2. The second kappa shape index (κ2) is 6.01. The van der Waals surface area contributed by atoms with E-state index in [0.717, 1.165) is 31.0 Å². The molecule has 4 heteroatoms. The Morgan fingerprint density at radius 2 is 1.83 bits per heavy atom. The summed E-state index contributed by atoms with van der Waals surface area (Å²) < 4.78 is 12.4. The van der Waals surface area contributed by atoms with Gasteiger partial charge in [-0.1, -0.05) is 17.4 Å². The van der Waals surface area contributed by atoms with Gasteiger partial charge in [0.2, 0.25) is 5.30 Å². The van der Waals surface area contributed by atoms with E-state index in [1.54, 1.807) is 0 Å². The summed E-state index contributed by atoms with van der Waals surface area (Å²) in [6, 6.07) is 4.18. The third-order valence-corrected chi connectivity index (χ3v) is 4.93. The maximum atomic E-state index is 12.4. The molecule has 2 N–H and O–H groups in total. The second-order valence-electron chi connectivity index (χ2n) is 4.62. The summed E-state index contributed by atoms with van der Waals surface area (Å²) in [4.78, 5) is 0. The minimum Gasteiger partial charge on any atom is -0.508 e. The fourth-order valence-electron chi connectivity index (χ4n) is 2.19. The number of phenols is 2. The molecule has 1 aromatic rings. The molecule has 1 unspecified atom stereocenters. The van der Waals surface area contributed by atoms with Gasteiger partial charge in [-0.3, -0.25) is 0 Å². The van der Waals surface area contributed by atoms with Crippen LogP contribution in [0, 0.1) is 0 Å². The van der Waals surface area contributed by atoms with Crippen LogP contribution in [0.15, 0.2) is 29.6 Å². The molecule has 0 bridgehead atoms. The number of hydrogen-bond acceptors (Lipinski definition) is 3. The molecular formula is C14H18O3P+. The summed E-state index contributed by atoms with van der Waals surface area (Å²) in [7, 11) is -1.76. The Kier molecular flexibility index (Phi) is 4.38. The molecule has 0 aliphatic heterocycles. The zero-order valence-corrected chi connectivity index (χ0v) is 11.2. The van der Waals surface area contributed by atoms with Crippen LogP contribution in [0.1, 0.15) is 38.5 Å². The lowest BCUT2D eigenvalue weighted by molar-refractivity contribution is 0.463. The molecule has 1 aliphatic carbocycles. The summed E-state index contributed by atoms with van der Waals surface area (Å²) in [6.45, 7) is 0. The second-order valence-corrected chi connectivity index (χ2v) is 6.26. The first-order valence-corrected chi connectivity index (χ1v) is 7.63. The van der Waals surface area contributed by atoms with E-state index in [1.165, 1.54) is 31.0 Å². The van der Waals surface area contributed by atoms with Crippen molar-refractivity contribution in [3.8, 4) is 11.5 Å². The van der Waals surface area contributed by atoms with Gasteiger partial charge in [0, 0.05) is 12.5 Å². The zero-order valence-electron chi connectivity index (χ0n) is 10.3. The van der Waals surface area contributed by atoms with E-state index >= 15 is 0 Å². The fourth-order valence-corrected chi connectivity index (χ4v) is 3.69. The molecule has 1 atom stereocenters. The van der Waals surface area contributed by atoms with Crippen molar-refractivity contribution in [1.29, 1.82) is 0 Å². The van der Waals surface area contributed by atoms with Crippen LogP contribution in [0.2, 0.25) is 0 Å². The smallest absolute Gasteiger partial charge is 0.414 e. The van der Waals surface area contributed by atoms with Crippen LogP contribution in [0.3, 0.4) is 0 Å². The minimum absolute atomic E-state index is 0.00290. The molecule has 0 radical (unpaired) electrons. The first-order chi connectivity index (χ1) is 8.68. The lowest BCUT2D eigenvalue weighted by Gasteiger charge is -2.04. The average molecular weight is 265 g/mol. The van der Waals surface area contributed by atoms with Crippen molar-refractivity contribution >= 4 is 13.1 Å². The topological polar surface area (TPSA) is 57.5 Å². The molecule has 0 saturated carbocycles. The number of phenolic OH excluding ortho intramolecular Hbond substituents is 2. The van der Waals surface area contributed by atoms with Crippen molar-refractivity contribution in [2.75, 3.05) is 0 Å². The van der Waals surface area contributed by atoms with Gasteiger partial charge in [-0.25, -0.2) is 0 Å². The SMILES string of the molecule is O=[P+](C1=CCCCCCC1)c1cc(O)ccc1O. The van der Waals surface area contributed by atoms with Gasteiger partial charge in [-0.2, -0.15) is 0 Å². The molecule has 0 aromatic heterocycles. The molecule has 3 nitrogen and oxygen atoms in total. The van der Waals surface area contributed by atoms with E-state index in [0.29, 0.717) is 5.30 Å². The third kappa shape index (κ3) is 3.11. The monoisotopic (exact) mass is 265 g/mol. The maximum Gasteiger partial charge on any atom is 0.414 e. The van der Waals surface area contributed by atoms with Gasteiger partial charge in [-0.05, 0) is 37.5 Å². The van der Waals surface area contributed by atoms with Crippen molar-refractivity contribution < 1.29 is 14.8 Å². The average Bonchev–Trinajstić information content (AvgIpc) is 2.31. The molecule has 18 heavy (non-hydrogen) atoms. The summed E-state index contributed by atoms with van der Waals surface area (Å²) in [5.41, 5.74) is 0. The van der Waals surface area contributed by atoms with Crippen molar-refractivity contribution in [3.05, 3.63) is 29.6 Å². The molecule has 1 aliphatic rings. The molecule has 0 heterocycles. The van der Waals surface area contributed by atoms with Crippen LogP contribution < -0.4 is 5.30 Å². The Hall–Kier alpha value is -1.34. The first kappa shape index (κ1) is 13.1. The largest absolute Gasteiger partial charge is 0.508 e. The van der Waals surface area contributed by atoms with E-state index in [9.17, 15) is 14.8 Å². The van der Waals surface area contributed by atoms with Gasteiger partial charge >= 0.3 is 7.80 Å². The Morgan fingerprint density at radius 1 is 1.06 bits per heavy atom. The van der Waals surface area contributed by atoms with Gasteiger partial charge in [-0.15, -0.1) is 0 Å². The van der Waals surface area contributed by atoms with Crippen molar-refractivity contribution in [1.82, 2.24) is 0 Å². The van der Waals surface area contributed by atoms with Crippen LogP contribution in [-0.2, 0) is 4.57 Å². The molecule has 0 spiro atoms. The number of benzene rings is 1. The Bertz CT molecular complexity index is 480. The highest BCUT2D eigenvalue weighted by Crippen LogP contribution is 2.39. The molecule has 0 fully saturated rings. The van der Waals surface area contributed by atoms with Gasteiger partial charge in [0.25, 0.3) is 0 Å². The van der Waals surface area contributed by atoms with E-state index < -0.39 is 7.80 Å². The van der Waals surface area contributed by atoms with Crippen LogP contribution in [0.5, 0.6) is 11.5 Å². The van der Waals surface area contributed by atoms with Gasteiger partial charge in [0.15, 0.2) is 11.1 Å². The Labute approximate surface area is 108 Å². The summed E-state index contributed by atoms with van der Waals surface area (Å²) in [6.07, 6.45) is 8.41. The zero-order chi connectivity index (χ0) is 13.0. The standard InChI is InChI=1S/C14H17O3P/c15-11-8-9-13(16)14(10-11)18(17)12-6-4-2-1-3-5-7-12/h6,8-10H,1-5,7H2,(H-,15,16,17)/p+1. The molecule has 1 aromatic carbocycles. The van der Waals surface area contributed by atoms with Crippen LogP contribution in [0.4, 0.5) is 0 Å². The minimum atomic E-state index is -1.76. The molecule has 0 amide bonds. The quantitative estimate of drug-likeness (QED) is 0.631. The highest BCUT2D eigenvalue weighted by molar-refractivity contribution is 7.58. The van der Waals surface area contributed by atoms with Gasteiger partial charge in [0.1, 0.15) is 5.75 Å². The molecule has 96 valence electrons. The van der Waals surface area contributed by atoms with E-state index in [-0.39, 0.29) is 11.5 Å². The lowest BCUT2D eigenvalue weighted by Crippen LogP contribution is -1.99. The van der Waals surface area contributed by atoms with E-state index in [2.05, 4.69) is 0 Å². The predicted molar refractivity (Wildman–Crippen MR) is 72.8 cm³/mol. The predicted octanol–water partition coefficient (Wildman–Crippen LogP) is 3.79. The Balaban J connectivity index is 2.26. The number of hydrogen-bond donors (Lipinski definition) is 2. The number of allylic oxidation sites excluding steroid dienone is 2. The van der Waals surface area contributed by atoms with Crippen LogP contribution in [-0.4, -0.2) is 10.2 Å².